The molecule has 2 aromatic carbocycles. The number of nitrogens with one attached hydrogen (secondary N) is 1. The van der Waals surface area contributed by atoms with Crippen LogP contribution in [0.5, 0.6) is 5.75 Å². The second kappa shape index (κ2) is 9.76. The molecule has 5 rings (SSSR count). The maximum Gasteiger partial charge on any atom is 0.258 e. The van der Waals surface area contributed by atoms with E-state index < -0.39 is 26.9 Å². The van der Waals surface area contributed by atoms with Crippen LogP contribution in [0.15, 0.2) is 71.9 Å². The maximum absolute atomic E-state index is 12.9. The third-order valence-corrected chi connectivity index (χ3v) is 8.86. The zero-order valence-corrected chi connectivity index (χ0v) is 20.4. The summed E-state index contributed by atoms with van der Waals surface area (Å²) in [6.07, 6.45) is 7.45. The number of ether oxygens (including phenoxy) is 1. The lowest BCUT2D eigenvalue weighted by molar-refractivity contribution is -0.114. The molecule has 2 aliphatic rings. The first-order chi connectivity index (χ1) is 16.9. The number of benzene rings is 2. The highest BCUT2D eigenvalue weighted by molar-refractivity contribution is 7.93. The lowest BCUT2D eigenvalue weighted by Crippen LogP contribution is -2.35. The molecule has 1 N–H and O–H groups in total. The van der Waals surface area contributed by atoms with Crippen molar-refractivity contribution in [2.75, 3.05) is 13.1 Å². The molecule has 2 aliphatic heterocycles. The quantitative estimate of drug-likeness (QED) is 0.521. The topological polar surface area (TPSA) is 111 Å². The summed E-state index contributed by atoms with van der Waals surface area (Å²) in [4.78, 5) is 11.7. The van der Waals surface area contributed by atoms with Crippen molar-refractivity contribution in [1.29, 1.82) is 0 Å². The molecule has 11 heteroatoms. The fourth-order valence-electron chi connectivity index (χ4n) is 4.04. The summed E-state index contributed by atoms with van der Waals surface area (Å²) < 4.78 is 49.0. The molecule has 9 nitrogen and oxygen atoms in total. The monoisotopic (exact) mass is 512 g/mol. The minimum atomic E-state index is -3.49. The van der Waals surface area contributed by atoms with E-state index in [0.29, 0.717) is 23.7 Å². The van der Waals surface area contributed by atoms with E-state index in [2.05, 4.69) is 9.82 Å². The standard InChI is InChI=1S/C24H24N4O5S2/c29-23-14-24(34(30)26-23)28-16-20(15-25-28)19-7-9-21(10-8-19)33-17-18-5-4-6-22(13-18)35(31,32)27-11-2-1-3-12-27/h4-10,13-16H,1-3,11-12,17H2,(H,26,29). The molecule has 182 valence electrons. The van der Waals surface area contributed by atoms with Crippen LogP contribution in [0.2, 0.25) is 0 Å². The van der Waals surface area contributed by atoms with Gasteiger partial charge in [0, 0.05) is 30.9 Å². The first-order valence-corrected chi connectivity index (χ1v) is 13.8. The zero-order chi connectivity index (χ0) is 24.4. The third-order valence-electron chi connectivity index (χ3n) is 5.89. The first kappa shape index (κ1) is 23.5. The number of aromatic nitrogens is 2. The van der Waals surface area contributed by atoms with Crippen LogP contribution in [0.3, 0.4) is 0 Å². The fraction of sp³-hybridized carbons (Fsp3) is 0.250. The Kier molecular flexibility index (Phi) is 6.54. The molecule has 1 aromatic heterocycles. The van der Waals surface area contributed by atoms with E-state index in [1.54, 1.807) is 34.9 Å². The van der Waals surface area contributed by atoms with E-state index in [9.17, 15) is 17.4 Å². The molecule has 3 aromatic rings. The molecule has 1 atom stereocenters. The minimum absolute atomic E-state index is 0.238. The molecule has 1 unspecified atom stereocenters. The average molecular weight is 513 g/mol. The van der Waals surface area contributed by atoms with Crippen molar-refractivity contribution in [3.05, 3.63) is 72.6 Å². The van der Waals surface area contributed by atoms with Gasteiger partial charge < -0.3 is 4.74 Å². The van der Waals surface area contributed by atoms with Crippen molar-refractivity contribution >= 4 is 31.9 Å². The summed E-state index contributed by atoms with van der Waals surface area (Å²) in [5.41, 5.74) is 2.45. The Labute approximate surface area is 206 Å². The van der Waals surface area contributed by atoms with Crippen LogP contribution < -0.4 is 9.46 Å². The van der Waals surface area contributed by atoms with E-state index in [4.69, 9.17) is 4.74 Å². The van der Waals surface area contributed by atoms with Crippen LogP contribution in [0.25, 0.3) is 16.2 Å². The number of sulfonamides is 1. The van der Waals surface area contributed by atoms with Crippen molar-refractivity contribution in [1.82, 2.24) is 18.8 Å². The van der Waals surface area contributed by atoms with E-state index >= 15 is 0 Å². The molecular formula is C24H24N4O5S2. The highest BCUT2D eigenvalue weighted by Gasteiger charge is 2.26. The molecule has 35 heavy (non-hydrogen) atoms. The molecule has 1 fully saturated rings. The van der Waals surface area contributed by atoms with Crippen LogP contribution in [0.1, 0.15) is 24.8 Å². The van der Waals surface area contributed by atoms with Crippen LogP contribution in [-0.2, 0) is 32.4 Å². The van der Waals surface area contributed by atoms with E-state index in [0.717, 1.165) is 36.0 Å². The Morgan fingerprint density at radius 2 is 1.80 bits per heavy atom. The van der Waals surface area contributed by atoms with Gasteiger partial charge in [-0.15, -0.1) is 0 Å². The molecule has 0 saturated carbocycles. The van der Waals surface area contributed by atoms with Crippen molar-refractivity contribution in [2.24, 2.45) is 0 Å². The van der Waals surface area contributed by atoms with E-state index in [1.165, 1.54) is 10.8 Å². The van der Waals surface area contributed by atoms with Gasteiger partial charge in [0.25, 0.3) is 5.91 Å². The van der Waals surface area contributed by atoms with Crippen LogP contribution in [-0.4, -0.2) is 45.7 Å². The van der Waals surface area contributed by atoms with E-state index in [1.807, 2.05) is 30.3 Å². The molecular weight excluding hydrogens is 488 g/mol. The van der Waals surface area contributed by atoms with Crippen molar-refractivity contribution in [2.45, 2.75) is 30.8 Å². The van der Waals surface area contributed by atoms with Gasteiger partial charge >= 0.3 is 0 Å². The molecule has 3 heterocycles. The second-order valence-electron chi connectivity index (χ2n) is 8.32. The first-order valence-electron chi connectivity index (χ1n) is 11.2. The van der Waals surface area contributed by atoms with E-state index in [-0.39, 0.29) is 11.6 Å². The van der Waals surface area contributed by atoms with Crippen LogP contribution in [0.4, 0.5) is 0 Å². The Hall–Kier alpha value is -3.28. The fourth-order valence-corrected chi connectivity index (χ4v) is 6.46. The smallest absolute Gasteiger partial charge is 0.258 e. The van der Waals surface area contributed by atoms with Gasteiger partial charge in [0.05, 0.1) is 11.1 Å². The summed E-state index contributed by atoms with van der Waals surface area (Å²) in [7, 11) is -5.11. The van der Waals surface area contributed by atoms with Gasteiger partial charge in [0.1, 0.15) is 12.4 Å². The SMILES string of the molecule is O=C1C=C(n2cc(-c3ccc(OCc4cccc(S(=O)(=O)N5CCCCC5)c4)cc3)cn2)S(=O)N1. The Balaban J connectivity index is 1.24. The van der Waals surface area contributed by atoms with Crippen molar-refractivity contribution in [3.63, 3.8) is 0 Å². The van der Waals surface area contributed by atoms with Crippen molar-refractivity contribution in [3.8, 4) is 16.9 Å². The van der Waals surface area contributed by atoms with Gasteiger partial charge in [0.2, 0.25) is 10.0 Å². The number of piperidine rings is 1. The number of nitrogens with zero attached hydrogens (tertiary/aromatic N) is 3. The number of carbonyl (C=O) groups excluding carboxylic acids is 1. The van der Waals surface area contributed by atoms with Crippen LogP contribution in [0, 0.1) is 0 Å². The van der Waals surface area contributed by atoms with Gasteiger partial charge in [-0.3, -0.25) is 9.52 Å². The Morgan fingerprint density at radius 1 is 1.03 bits per heavy atom. The van der Waals surface area contributed by atoms with Crippen LogP contribution >= 0.6 is 0 Å². The Morgan fingerprint density at radius 3 is 2.51 bits per heavy atom. The number of amides is 1. The number of hydrogen-bond acceptors (Lipinski definition) is 6. The number of rotatable bonds is 7. The lowest BCUT2D eigenvalue weighted by Gasteiger charge is -2.26. The summed E-state index contributed by atoms with van der Waals surface area (Å²) in [6, 6.07) is 14.3. The minimum Gasteiger partial charge on any atom is -0.489 e. The predicted molar refractivity (Wildman–Crippen MR) is 132 cm³/mol. The van der Waals surface area contributed by atoms with Gasteiger partial charge in [-0.05, 0) is 48.2 Å². The second-order valence-corrected chi connectivity index (χ2v) is 11.4. The van der Waals surface area contributed by atoms with Gasteiger partial charge in [-0.2, -0.15) is 9.40 Å². The normalized spacial score (nSPS) is 18.8. The zero-order valence-electron chi connectivity index (χ0n) is 18.8. The summed E-state index contributed by atoms with van der Waals surface area (Å²) >= 11 is 0. The average Bonchev–Trinajstić information content (AvgIpc) is 3.50. The molecule has 1 amide bonds. The summed E-state index contributed by atoms with van der Waals surface area (Å²) in [5, 5.41) is 4.48. The Bertz CT molecular complexity index is 1410. The number of carbonyl (C=O) groups is 1. The number of hydrogen-bond donors (Lipinski definition) is 1. The van der Waals surface area contributed by atoms with Gasteiger partial charge in [-0.1, -0.05) is 30.7 Å². The van der Waals surface area contributed by atoms with Gasteiger partial charge in [0.15, 0.2) is 16.0 Å². The summed E-state index contributed by atoms with van der Waals surface area (Å²) in [6.45, 7) is 1.37. The molecule has 1 saturated heterocycles. The largest absolute Gasteiger partial charge is 0.489 e. The molecule has 0 radical (unpaired) electrons. The predicted octanol–water partition coefficient (Wildman–Crippen LogP) is 2.90. The highest BCUT2D eigenvalue weighted by atomic mass is 32.2. The van der Waals surface area contributed by atoms with Gasteiger partial charge in [-0.25, -0.2) is 17.3 Å². The molecule has 0 bridgehead atoms. The lowest BCUT2D eigenvalue weighted by atomic mass is 10.1. The highest BCUT2D eigenvalue weighted by Crippen LogP contribution is 2.25. The summed E-state index contributed by atoms with van der Waals surface area (Å²) in [5.74, 6) is 0.228. The molecule has 0 aliphatic carbocycles. The molecule has 0 spiro atoms. The third kappa shape index (κ3) is 5.07. The van der Waals surface area contributed by atoms with Crippen molar-refractivity contribution < 1.29 is 22.2 Å². The maximum atomic E-state index is 12.9.